The molecule has 1 aliphatic rings. The van der Waals surface area contributed by atoms with E-state index in [0.29, 0.717) is 54.9 Å². The molecule has 7 nitrogen and oxygen atoms in total. The van der Waals surface area contributed by atoms with Gasteiger partial charge in [-0.15, -0.1) is 0 Å². The number of aromatic nitrogens is 3. The number of aryl methyl sites for hydroxylation is 1. The number of likely N-dealkylation sites (tertiary alicyclic amines) is 1. The van der Waals surface area contributed by atoms with E-state index in [2.05, 4.69) is 21.4 Å². The van der Waals surface area contributed by atoms with E-state index in [1.807, 2.05) is 4.90 Å². The molecule has 3 aromatic rings. The topological polar surface area (TPSA) is 86.8 Å². The van der Waals surface area contributed by atoms with Gasteiger partial charge in [0.05, 0.1) is 28.5 Å². The van der Waals surface area contributed by atoms with E-state index < -0.39 is 12.0 Å². The SMILES string of the molecule is Cc1ncc(CN[C@@H]2CCN(CCn3c(=O)ccc4ncc(F)cc43)C[C@@H]2F)cc1C#N. The van der Waals surface area contributed by atoms with Gasteiger partial charge in [-0.1, -0.05) is 0 Å². The van der Waals surface area contributed by atoms with Crippen LogP contribution in [0.4, 0.5) is 8.78 Å². The van der Waals surface area contributed by atoms with E-state index in [-0.39, 0.29) is 18.1 Å². The fourth-order valence-corrected chi connectivity index (χ4v) is 4.05. The number of nitrogens with one attached hydrogen (secondary N) is 1. The lowest BCUT2D eigenvalue weighted by atomic mass is 10.0. The number of pyridine rings is 3. The molecule has 166 valence electrons. The van der Waals surface area contributed by atoms with E-state index >= 15 is 0 Å². The lowest BCUT2D eigenvalue weighted by Crippen LogP contribution is -2.51. The average molecular weight is 438 g/mol. The molecule has 0 aliphatic carbocycles. The van der Waals surface area contributed by atoms with Crippen molar-refractivity contribution >= 4 is 11.0 Å². The normalized spacial score (nSPS) is 19.2. The first-order chi connectivity index (χ1) is 15.4. The zero-order chi connectivity index (χ0) is 22.7. The second-order valence-electron chi connectivity index (χ2n) is 8.06. The molecule has 1 N–H and O–H groups in total. The van der Waals surface area contributed by atoms with E-state index in [1.165, 1.54) is 16.7 Å². The summed E-state index contributed by atoms with van der Waals surface area (Å²) < 4.78 is 29.9. The van der Waals surface area contributed by atoms with Crippen molar-refractivity contribution in [2.75, 3.05) is 19.6 Å². The highest BCUT2D eigenvalue weighted by atomic mass is 19.1. The number of halogens is 2. The molecule has 4 rings (SSSR count). The van der Waals surface area contributed by atoms with E-state index in [4.69, 9.17) is 5.26 Å². The second kappa shape index (κ2) is 9.51. The van der Waals surface area contributed by atoms with E-state index in [0.717, 1.165) is 11.8 Å². The first-order valence-electron chi connectivity index (χ1n) is 10.5. The summed E-state index contributed by atoms with van der Waals surface area (Å²) in [4.78, 5) is 22.5. The lowest BCUT2D eigenvalue weighted by molar-refractivity contribution is 0.100. The van der Waals surface area contributed by atoms with Crippen LogP contribution in [-0.4, -0.2) is 51.3 Å². The highest BCUT2D eigenvalue weighted by Gasteiger charge is 2.28. The van der Waals surface area contributed by atoms with Crippen molar-refractivity contribution in [1.29, 1.82) is 5.26 Å². The minimum Gasteiger partial charge on any atom is -0.307 e. The number of nitrogens with zero attached hydrogens (tertiary/aromatic N) is 5. The molecule has 2 atom stereocenters. The zero-order valence-electron chi connectivity index (χ0n) is 17.8. The molecule has 1 saturated heterocycles. The van der Waals surface area contributed by atoms with Crippen LogP contribution in [0.1, 0.15) is 23.2 Å². The number of hydrogen-bond donors (Lipinski definition) is 1. The smallest absolute Gasteiger partial charge is 0.251 e. The molecular weight excluding hydrogens is 414 g/mol. The molecule has 32 heavy (non-hydrogen) atoms. The molecule has 0 radical (unpaired) electrons. The minimum absolute atomic E-state index is 0.235. The summed E-state index contributed by atoms with van der Waals surface area (Å²) in [6.07, 6.45) is 2.37. The maximum atomic E-state index is 14.8. The van der Waals surface area contributed by atoms with Gasteiger partial charge >= 0.3 is 0 Å². The third kappa shape index (κ3) is 4.82. The molecule has 0 spiro atoms. The van der Waals surface area contributed by atoms with Gasteiger partial charge in [-0.05, 0) is 37.6 Å². The number of hydrogen-bond acceptors (Lipinski definition) is 6. The number of rotatable bonds is 6. The molecule has 3 aromatic heterocycles. The Balaban J connectivity index is 1.34. The molecule has 0 unspecified atom stereocenters. The summed E-state index contributed by atoms with van der Waals surface area (Å²) >= 11 is 0. The molecule has 0 saturated carbocycles. The molecule has 0 amide bonds. The monoisotopic (exact) mass is 438 g/mol. The van der Waals surface area contributed by atoms with Crippen LogP contribution in [0.3, 0.4) is 0 Å². The van der Waals surface area contributed by atoms with Crippen molar-refractivity contribution in [3.05, 3.63) is 69.7 Å². The largest absolute Gasteiger partial charge is 0.307 e. The Morgan fingerprint density at radius 2 is 2.09 bits per heavy atom. The molecule has 9 heteroatoms. The van der Waals surface area contributed by atoms with Gasteiger partial charge in [0.1, 0.15) is 18.1 Å². The molecule has 0 bridgehead atoms. The summed E-state index contributed by atoms with van der Waals surface area (Å²) in [5.41, 5.74) is 2.79. The number of piperidine rings is 1. The summed E-state index contributed by atoms with van der Waals surface area (Å²) in [5, 5.41) is 12.4. The maximum absolute atomic E-state index is 14.8. The van der Waals surface area contributed by atoms with Crippen LogP contribution in [0.25, 0.3) is 11.0 Å². The minimum atomic E-state index is -1.07. The Hall–Kier alpha value is -3.22. The Labute approximate surface area is 184 Å². The Kier molecular flexibility index (Phi) is 6.53. The van der Waals surface area contributed by atoms with Crippen LogP contribution in [0.5, 0.6) is 0 Å². The molecule has 1 aliphatic heterocycles. The van der Waals surface area contributed by atoms with Crippen molar-refractivity contribution in [3.8, 4) is 6.07 Å². The van der Waals surface area contributed by atoms with Crippen molar-refractivity contribution in [3.63, 3.8) is 0 Å². The fraction of sp³-hybridized carbons (Fsp3) is 0.391. The van der Waals surface area contributed by atoms with E-state index in [9.17, 15) is 13.6 Å². The third-order valence-electron chi connectivity index (χ3n) is 5.90. The summed E-state index contributed by atoms with van der Waals surface area (Å²) in [6, 6.07) is 7.89. The number of nitriles is 1. The van der Waals surface area contributed by atoms with Crippen LogP contribution >= 0.6 is 0 Å². The van der Waals surface area contributed by atoms with Crippen LogP contribution < -0.4 is 10.9 Å². The summed E-state index contributed by atoms with van der Waals surface area (Å²) in [6.45, 7) is 3.97. The van der Waals surface area contributed by atoms with Gasteiger partial charge in [-0.2, -0.15) is 5.26 Å². The highest BCUT2D eigenvalue weighted by Crippen LogP contribution is 2.16. The van der Waals surface area contributed by atoms with Gasteiger partial charge in [0.2, 0.25) is 0 Å². The quantitative estimate of drug-likeness (QED) is 0.636. The standard InChI is InChI=1S/C23H24F2N6O/c1-15-17(10-26)8-16(11-27-15)12-28-20-4-5-30(14-19(20)25)6-7-31-22-9-18(24)13-29-21(22)2-3-23(31)32/h2-3,8-9,11,13,19-20,28H,4-7,12,14H2,1H3/t19-,20+/m0/s1. The van der Waals surface area contributed by atoms with Gasteiger partial charge in [0.25, 0.3) is 5.56 Å². The van der Waals surface area contributed by atoms with Crippen LogP contribution in [0, 0.1) is 24.1 Å². The average Bonchev–Trinajstić information content (AvgIpc) is 2.78. The molecule has 0 aromatic carbocycles. The van der Waals surface area contributed by atoms with Crippen molar-refractivity contribution in [1.82, 2.24) is 24.8 Å². The molecular formula is C23H24F2N6O. The lowest BCUT2D eigenvalue weighted by Gasteiger charge is -2.35. The van der Waals surface area contributed by atoms with Crippen LogP contribution in [0.2, 0.25) is 0 Å². The molecule has 1 fully saturated rings. The van der Waals surface area contributed by atoms with Crippen LogP contribution in [-0.2, 0) is 13.1 Å². The number of alkyl halides is 1. The Morgan fingerprint density at radius 3 is 2.88 bits per heavy atom. The highest BCUT2D eigenvalue weighted by molar-refractivity contribution is 5.74. The van der Waals surface area contributed by atoms with Crippen LogP contribution in [0.15, 0.2) is 41.5 Å². The maximum Gasteiger partial charge on any atom is 0.251 e. The number of fused-ring (bicyclic) bond motifs is 1. The van der Waals surface area contributed by atoms with Gasteiger partial charge in [-0.3, -0.25) is 19.7 Å². The second-order valence-corrected chi connectivity index (χ2v) is 8.06. The van der Waals surface area contributed by atoms with Gasteiger partial charge in [0, 0.05) is 50.6 Å². The molecule has 4 heterocycles. The fourth-order valence-electron chi connectivity index (χ4n) is 4.05. The van der Waals surface area contributed by atoms with Gasteiger partial charge in [-0.25, -0.2) is 8.78 Å². The predicted molar refractivity (Wildman–Crippen MR) is 116 cm³/mol. The summed E-state index contributed by atoms with van der Waals surface area (Å²) in [7, 11) is 0. The summed E-state index contributed by atoms with van der Waals surface area (Å²) in [5.74, 6) is -0.502. The Bertz CT molecular complexity index is 1220. The Morgan fingerprint density at radius 1 is 1.25 bits per heavy atom. The predicted octanol–water partition coefficient (Wildman–Crippen LogP) is 2.31. The zero-order valence-corrected chi connectivity index (χ0v) is 17.8. The van der Waals surface area contributed by atoms with Gasteiger partial charge < -0.3 is 9.88 Å². The van der Waals surface area contributed by atoms with Crippen molar-refractivity contribution in [2.24, 2.45) is 0 Å². The third-order valence-corrected chi connectivity index (χ3v) is 5.90. The van der Waals surface area contributed by atoms with Crippen molar-refractivity contribution in [2.45, 2.75) is 38.6 Å². The first-order valence-corrected chi connectivity index (χ1v) is 10.5. The first kappa shape index (κ1) is 22.0. The van der Waals surface area contributed by atoms with Gasteiger partial charge in [0.15, 0.2) is 0 Å². The van der Waals surface area contributed by atoms with Crippen molar-refractivity contribution < 1.29 is 8.78 Å². The van der Waals surface area contributed by atoms with E-state index in [1.54, 1.807) is 25.3 Å².